The standard InChI is InChI=1S/C28H32O8/c1-4-6-21-24(11-9-19(17(3)29)27(21)33)34-14-15-35-25-12-10-20-23(30)16-18(8-13-26(31)32)36-28(20)22(25)7-5-2/h9-12,16,33H,4-8,13-15H2,1-3H3,(H,31,32). The molecule has 2 aromatic carbocycles. The molecule has 0 aliphatic rings. The van der Waals surface area contributed by atoms with E-state index in [2.05, 4.69) is 0 Å². The maximum atomic E-state index is 12.6. The van der Waals surface area contributed by atoms with Crippen molar-refractivity contribution in [2.75, 3.05) is 13.2 Å². The topological polar surface area (TPSA) is 123 Å². The van der Waals surface area contributed by atoms with Crippen LogP contribution in [-0.4, -0.2) is 35.2 Å². The highest BCUT2D eigenvalue weighted by molar-refractivity contribution is 5.97. The highest BCUT2D eigenvalue weighted by atomic mass is 16.5. The van der Waals surface area contributed by atoms with Gasteiger partial charge < -0.3 is 24.1 Å². The first-order chi connectivity index (χ1) is 17.3. The Balaban J connectivity index is 1.80. The van der Waals surface area contributed by atoms with E-state index in [1.807, 2.05) is 13.8 Å². The predicted octanol–water partition coefficient (Wildman–Crippen LogP) is 5.08. The summed E-state index contributed by atoms with van der Waals surface area (Å²) in [4.78, 5) is 35.3. The van der Waals surface area contributed by atoms with Crippen LogP contribution in [0.5, 0.6) is 17.2 Å². The molecule has 0 unspecified atom stereocenters. The molecule has 1 heterocycles. The molecule has 8 nitrogen and oxygen atoms in total. The van der Waals surface area contributed by atoms with Gasteiger partial charge >= 0.3 is 5.97 Å². The maximum absolute atomic E-state index is 12.6. The van der Waals surface area contributed by atoms with Crippen LogP contribution in [0, 0.1) is 0 Å². The van der Waals surface area contributed by atoms with Crippen molar-refractivity contribution in [2.45, 2.75) is 59.3 Å². The van der Waals surface area contributed by atoms with E-state index in [0.717, 1.165) is 18.4 Å². The first-order valence-corrected chi connectivity index (χ1v) is 12.2. The number of phenols is 1. The number of Topliss-reactive ketones (excluding diaryl/α,β-unsaturated/α-hetero) is 1. The lowest BCUT2D eigenvalue weighted by atomic mass is 10.0. The molecule has 1 aromatic heterocycles. The molecule has 3 aromatic rings. The molecule has 0 atom stereocenters. The van der Waals surface area contributed by atoms with Gasteiger partial charge in [-0.2, -0.15) is 0 Å². The molecule has 0 saturated heterocycles. The zero-order chi connectivity index (χ0) is 26.2. The zero-order valence-corrected chi connectivity index (χ0v) is 20.9. The number of hydrogen-bond acceptors (Lipinski definition) is 7. The Hall–Kier alpha value is -3.81. The van der Waals surface area contributed by atoms with E-state index in [-0.39, 0.29) is 48.6 Å². The lowest BCUT2D eigenvalue weighted by molar-refractivity contribution is -0.137. The van der Waals surface area contributed by atoms with Gasteiger partial charge in [-0.05, 0) is 44.0 Å². The first kappa shape index (κ1) is 26.8. The zero-order valence-electron chi connectivity index (χ0n) is 20.9. The largest absolute Gasteiger partial charge is 0.507 e. The second-order valence-electron chi connectivity index (χ2n) is 8.58. The quantitative estimate of drug-likeness (QED) is 0.248. The Morgan fingerprint density at radius 3 is 2.14 bits per heavy atom. The maximum Gasteiger partial charge on any atom is 0.303 e. The Morgan fingerprint density at radius 2 is 1.53 bits per heavy atom. The highest BCUT2D eigenvalue weighted by Crippen LogP contribution is 2.33. The number of carbonyl (C=O) groups excluding carboxylic acids is 1. The number of carbonyl (C=O) groups is 2. The molecule has 0 saturated carbocycles. The van der Waals surface area contributed by atoms with Crippen LogP contribution in [0.1, 0.15) is 67.3 Å². The van der Waals surface area contributed by atoms with Crippen LogP contribution in [0.4, 0.5) is 0 Å². The van der Waals surface area contributed by atoms with Gasteiger partial charge in [0.15, 0.2) is 11.2 Å². The average molecular weight is 497 g/mol. The number of ether oxygens (including phenoxy) is 2. The third-order valence-electron chi connectivity index (χ3n) is 5.81. The lowest BCUT2D eigenvalue weighted by Gasteiger charge is -2.16. The van der Waals surface area contributed by atoms with E-state index >= 15 is 0 Å². The van der Waals surface area contributed by atoms with Gasteiger partial charge in [-0.25, -0.2) is 0 Å². The molecule has 8 heteroatoms. The third kappa shape index (κ3) is 6.24. The molecular weight excluding hydrogens is 464 g/mol. The van der Waals surface area contributed by atoms with Crippen molar-refractivity contribution in [2.24, 2.45) is 0 Å². The summed E-state index contributed by atoms with van der Waals surface area (Å²) >= 11 is 0. The number of benzene rings is 2. The van der Waals surface area contributed by atoms with Crippen molar-refractivity contribution in [3.8, 4) is 17.2 Å². The molecule has 192 valence electrons. The molecule has 0 aliphatic heterocycles. The Bertz CT molecular complexity index is 1310. The van der Waals surface area contributed by atoms with Gasteiger partial charge in [0, 0.05) is 23.6 Å². The van der Waals surface area contributed by atoms with Crippen LogP contribution in [0.25, 0.3) is 11.0 Å². The number of hydrogen-bond donors (Lipinski definition) is 2. The average Bonchev–Trinajstić information content (AvgIpc) is 2.83. The summed E-state index contributed by atoms with van der Waals surface area (Å²) in [6, 6.07) is 7.97. The highest BCUT2D eigenvalue weighted by Gasteiger charge is 2.17. The number of ketones is 1. The third-order valence-corrected chi connectivity index (χ3v) is 5.81. The normalized spacial score (nSPS) is 11.0. The van der Waals surface area contributed by atoms with Gasteiger partial charge in [0.2, 0.25) is 0 Å². The fraction of sp³-hybridized carbons (Fsp3) is 0.393. The smallest absolute Gasteiger partial charge is 0.303 e. The predicted molar refractivity (Wildman–Crippen MR) is 136 cm³/mol. The van der Waals surface area contributed by atoms with Crippen LogP contribution in [-0.2, 0) is 24.1 Å². The number of aromatic hydroxyl groups is 1. The molecular formula is C28H32O8. The SMILES string of the molecule is CCCc1c(OCCOc2ccc3c(=O)cc(CCC(=O)O)oc3c2CCC)ccc(C(C)=O)c1O. The van der Waals surface area contributed by atoms with Gasteiger partial charge in [-0.15, -0.1) is 0 Å². The number of fused-ring (bicyclic) bond motifs is 1. The molecule has 0 aliphatic carbocycles. The van der Waals surface area contributed by atoms with E-state index in [1.165, 1.54) is 13.0 Å². The minimum Gasteiger partial charge on any atom is -0.507 e. The summed E-state index contributed by atoms with van der Waals surface area (Å²) in [7, 11) is 0. The molecule has 36 heavy (non-hydrogen) atoms. The summed E-state index contributed by atoms with van der Waals surface area (Å²) in [5, 5.41) is 19.9. The number of rotatable bonds is 13. The number of phenolic OH excluding ortho intramolecular Hbond substituents is 1. The van der Waals surface area contributed by atoms with E-state index in [9.17, 15) is 19.5 Å². The fourth-order valence-electron chi connectivity index (χ4n) is 4.11. The van der Waals surface area contributed by atoms with Gasteiger partial charge in [0.25, 0.3) is 0 Å². The van der Waals surface area contributed by atoms with Crippen LogP contribution >= 0.6 is 0 Å². The Kier molecular flexibility index (Phi) is 9.11. The monoisotopic (exact) mass is 496 g/mol. The molecule has 2 N–H and O–H groups in total. The Labute approximate surface area is 209 Å². The van der Waals surface area contributed by atoms with Gasteiger partial charge in [-0.3, -0.25) is 14.4 Å². The van der Waals surface area contributed by atoms with E-state index in [4.69, 9.17) is 19.0 Å². The molecule has 0 fully saturated rings. The van der Waals surface area contributed by atoms with E-state index in [1.54, 1.807) is 24.3 Å². The summed E-state index contributed by atoms with van der Waals surface area (Å²) in [6.45, 7) is 5.79. The van der Waals surface area contributed by atoms with Crippen molar-refractivity contribution >= 4 is 22.7 Å². The lowest BCUT2D eigenvalue weighted by Crippen LogP contribution is -2.12. The van der Waals surface area contributed by atoms with Crippen molar-refractivity contribution in [3.05, 3.63) is 63.0 Å². The molecule has 0 bridgehead atoms. The number of aliphatic carboxylic acids is 1. The summed E-state index contributed by atoms with van der Waals surface area (Å²) in [5.74, 6) is 0.174. The number of carboxylic acids is 1. The van der Waals surface area contributed by atoms with Crippen LogP contribution in [0.2, 0.25) is 0 Å². The molecule has 0 amide bonds. The summed E-state index contributed by atoms with van der Waals surface area (Å²) in [5.41, 5.74) is 1.81. The van der Waals surface area contributed by atoms with Gasteiger partial charge in [-0.1, -0.05) is 26.7 Å². The van der Waals surface area contributed by atoms with E-state index in [0.29, 0.717) is 46.6 Å². The first-order valence-electron chi connectivity index (χ1n) is 12.2. The minimum atomic E-state index is -0.963. The Morgan fingerprint density at radius 1 is 0.917 bits per heavy atom. The number of carboxylic acid groups (broad SMARTS) is 1. The van der Waals surface area contributed by atoms with E-state index < -0.39 is 5.97 Å². The fourth-order valence-corrected chi connectivity index (χ4v) is 4.11. The van der Waals surface area contributed by atoms with Crippen molar-refractivity contribution in [1.82, 2.24) is 0 Å². The molecule has 3 rings (SSSR count). The van der Waals surface area contributed by atoms with Crippen LogP contribution < -0.4 is 14.9 Å². The second kappa shape index (κ2) is 12.2. The van der Waals surface area contributed by atoms with Crippen LogP contribution in [0.15, 0.2) is 39.5 Å². The van der Waals surface area contributed by atoms with Crippen molar-refractivity contribution in [1.29, 1.82) is 0 Å². The minimum absolute atomic E-state index is 0.0451. The van der Waals surface area contributed by atoms with Crippen molar-refractivity contribution in [3.63, 3.8) is 0 Å². The molecule has 0 radical (unpaired) electrons. The second-order valence-corrected chi connectivity index (χ2v) is 8.58. The van der Waals surface area contributed by atoms with Gasteiger partial charge in [0.1, 0.15) is 41.8 Å². The van der Waals surface area contributed by atoms with Crippen LogP contribution in [0.3, 0.4) is 0 Å². The summed E-state index contributed by atoms with van der Waals surface area (Å²) in [6.07, 6.45) is 2.74. The van der Waals surface area contributed by atoms with Gasteiger partial charge in [0.05, 0.1) is 17.4 Å². The summed E-state index contributed by atoms with van der Waals surface area (Å²) < 4.78 is 17.8. The molecule has 0 spiro atoms. The number of aryl methyl sites for hydroxylation is 2. The van der Waals surface area contributed by atoms with Crippen molar-refractivity contribution < 1.29 is 33.7 Å².